The lowest BCUT2D eigenvalue weighted by Gasteiger charge is -2.20. The highest BCUT2D eigenvalue weighted by Gasteiger charge is 2.53. The van der Waals surface area contributed by atoms with Crippen LogP contribution in [-0.4, -0.2) is 74.3 Å². The Morgan fingerprint density at radius 3 is 2.67 bits per heavy atom. The first-order valence-corrected chi connectivity index (χ1v) is 11.9. The van der Waals surface area contributed by atoms with Gasteiger partial charge in [0.25, 0.3) is 0 Å². The van der Waals surface area contributed by atoms with Gasteiger partial charge in [-0.15, -0.1) is 10.2 Å². The number of carbonyl (C=O) groups is 1. The van der Waals surface area contributed by atoms with E-state index in [-0.39, 0.29) is 41.9 Å². The van der Waals surface area contributed by atoms with Crippen molar-refractivity contribution in [3.8, 4) is 0 Å². The number of nitrogens with zero attached hydrogens (tertiary/aromatic N) is 8. The molecule has 18 heteroatoms. The van der Waals surface area contributed by atoms with E-state index < -0.39 is 36.7 Å². The third-order valence-corrected chi connectivity index (χ3v) is 6.14. The highest BCUT2D eigenvalue weighted by molar-refractivity contribution is 5.83. The number of anilines is 2. The summed E-state index contributed by atoms with van der Waals surface area (Å²) in [5.41, 5.74) is 7.73. The summed E-state index contributed by atoms with van der Waals surface area (Å²) in [5.74, 6) is -2.69. The van der Waals surface area contributed by atoms with Crippen molar-refractivity contribution in [3.05, 3.63) is 47.5 Å². The summed E-state index contributed by atoms with van der Waals surface area (Å²) in [6.45, 7) is 2.05. The van der Waals surface area contributed by atoms with Crippen LogP contribution in [0.3, 0.4) is 0 Å². The number of rotatable bonds is 8. The number of fused-ring (bicyclic) bond motifs is 1. The van der Waals surface area contributed by atoms with Crippen molar-refractivity contribution in [3.63, 3.8) is 0 Å². The molecule has 1 aliphatic rings. The van der Waals surface area contributed by atoms with Crippen molar-refractivity contribution < 1.29 is 37.7 Å². The number of aromatic nitrogens is 8. The number of imidazole rings is 1. The Morgan fingerprint density at radius 2 is 2.00 bits per heavy atom. The number of ether oxygens (including phenoxy) is 2. The van der Waals surface area contributed by atoms with Crippen LogP contribution < -0.4 is 11.1 Å². The largest absolute Gasteiger partial charge is 0.490 e. The minimum Gasteiger partial charge on any atom is -0.449 e. The van der Waals surface area contributed by atoms with Gasteiger partial charge in [0.05, 0.1) is 19.5 Å². The summed E-state index contributed by atoms with van der Waals surface area (Å²) in [6, 6.07) is 7.15. The molecule has 0 radical (unpaired) electrons. The number of benzene rings is 1. The van der Waals surface area contributed by atoms with E-state index >= 15 is 0 Å². The molecule has 1 aliphatic heterocycles. The van der Waals surface area contributed by atoms with E-state index in [9.17, 15) is 28.2 Å². The van der Waals surface area contributed by atoms with Gasteiger partial charge in [-0.25, -0.2) is 9.78 Å². The molecule has 1 fully saturated rings. The van der Waals surface area contributed by atoms with E-state index in [2.05, 4.69) is 40.4 Å². The van der Waals surface area contributed by atoms with Gasteiger partial charge < -0.3 is 30.7 Å². The molecule has 15 nitrogen and oxygen atoms in total. The fourth-order valence-electron chi connectivity index (χ4n) is 4.17. The molecule has 212 valence electrons. The van der Waals surface area contributed by atoms with Crippen LogP contribution in [0.5, 0.6) is 0 Å². The molecule has 5 rings (SSSR count). The summed E-state index contributed by atoms with van der Waals surface area (Å²) in [4.78, 5) is 25.5. The Kier molecular flexibility index (Phi) is 7.21. The van der Waals surface area contributed by atoms with Crippen LogP contribution in [0.25, 0.3) is 11.2 Å². The van der Waals surface area contributed by atoms with Crippen LogP contribution in [-0.2, 0) is 34.0 Å². The number of hydrogen-bond donors (Lipinski definition) is 4. The van der Waals surface area contributed by atoms with Crippen LogP contribution >= 0.6 is 0 Å². The Labute approximate surface area is 222 Å². The van der Waals surface area contributed by atoms with Crippen molar-refractivity contribution in [2.75, 3.05) is 11.1 Å². The maximum absolute atomic E-state index is 13.0. The Hall–Kier alpha value is -4.42. The summed E-state index contributed by atoms with van der Waals surface area (Å²) in [7, 11) is 0. The van der Waals surface area contributed by atoms with Crippen LogP contribution in [0, 0.1) is 0 Å². The monoisotopic (exact) mass is 564 g/mol. The summed E-state index contributed by atoms with van der Waals surface area (Å²) in [6.07, 6.45) is -10.7. The third kappa shape index (κ3) is 5.10. The van der Waals surface area contributed by atoms with Crippen molar-refractivity contribution in [1.29, 1.82) is 0 Å². The molecule has 0 amide bonds. The number of nitrogen functional groups attached to an aromatic ring is 1. The fraction of sp³-hybridized carbons (Fsp3) is 0.409. The number of halogens is 3. The van der Waals surface area contributed by atoms with Gasteiger partial charge in [-0.05, 0) is 23.3 Å². The second-order valence-corrected chi connectivity index (χ2v) is 8.68. The van der Waals surface area contributed by atoms with Gasteiger partial charge in [0.1, 0.15) is 11.6 Å². The molecule has 3 aromatic heterocycles. The first-order valence-electron chi connectivity index (χ1n) is 11.9. The first-order chi connectivity index (χ1) is 19.1. The number of aliphatic hydroxyl groups excluding tert-OH is 2. The second kappa shape index (κ2) is 10.6. The molecule has 4 atom stereocenters. The zero-order valence-corrected chi connectivity index (χ0v) is 20.7. The van der Waals surface area contributed by atoms with Gasteiger partial charge in [0, 0.05) is 6.54 Å². The van der Waals surface area contributed by atoms with Gasteiger partial charge >= 0.3 is 12.1 Å². The molecule has 4 aromatic rings. The molecule has 0 spiro atoms. The van der Waals surface area contributed by atoms with E-state index in [1.54, 1.807) is 31.2 Å². The molecule has 0 aliphatic carbocycles. The van der Waals surface area contributed by atoms with Gasteiger partial charge in [0.15, 0.2) is 29.9 Å². The Balaban J connectivity index is 1.47. The average molecular weight is 564 g/mol. The number of esters is 1. The molecule has 40 heavy (non-hydrogen) atoms. The van der Waals surface area contributed by atoms with E-state index in [1.807, 2.05) is 0 Å². The molecule has 4 heterocycles. The average Bonchev–Trinajstić information content (AvgIpc) is 3.65. The van der Waals surface area contributed by atoms with Gasteiger partial charge in [0.2, 0.25) is 11.8 Å². The number of tetrazole rings is 1. The lowest BCUT2D eigenvalue weighted by Crippen LogP contribution is -2.38. The lowest BCUT2D eigenvalue weighted by molar-refractivity contribution is -0.210. The number of carbonyl (C=O) groups excluding carboxylic acids is 1. The number of hydrogen-bond acceptors (Lipinski definition) is 13. The van der Waals surface area contributed by atoms with Gasteiger partial charge in [-0.2, -0.15) is 27.9 Å². The Bertz CT molecular complexity index is 1530. The smallest absolute Gasteiger partial charge is 0.449 e. The lowest BCUT2D eigenvalue weighted by atomic mass is 10.1. The summed E-state index contributed by atoms with van der Waals surface area (Å²) in [5, 5.41) is 35.1. The number of aliphatic hydroxyl groups is 2. The van der Waals surface area contributed by atoms with Gasteiger partial charge in [-0.3, -0.25) is 4.57 Å². The number of alkyl halides is 3. The summed E-state index contributed by atoms with van der Waals surface area (Å²) >= 11 is 0. The topological polar surface area (TPSA) is 201 Å². The second-order valence-electron chi connectivity index (χ2n) is 8.68. The summed E-state index contributed by atoms with van der Waals surface area (Å²) < 4.78 is 50.7. The molecule has 1 saturated heterocycles. The van der Waals surface area contributed by atoms with E-state index in [0.717, 1.165) is 10.4 Å². The van der Waals surface area contributed by atoms with Crippen LogP contribution in [0.2, 0.25) is 0 Å². The van der Waals surface area contributed by atoms with Crippen molar-refractivity contribution in [2.24, 2.45) is 0 Å². The third-order valence-electron chi connectivity index (χ3n) is 6.14. The zero-order valence-electron chi connectivity index (χ0n) is 20.7. The maximum Gasteiger partial charge on any atom is 0.490 e. The van der Waals surface area contributed by atoms with E-state index in [1.165, 1.54) is 10.9 Å². The SMILES string of the molecule is CCn1nnc([C@H]2O[C@@H](n3cnc4c(N)nc(NCc5ccccc5CO)nc43)[C@H](O)[C@@H]2OC(=O)C(F)(F)F)n1. The number of nitrogens with two attached hydrogens (primary N) is 1. The number of nitrogens with one attached hydrogen (secondary N) is 1. The molecule has 0 unspecified atom stereocenters. The van der Waals surface area contributed by atoms with Crippen molar-refractivity contribution in [1.82, 2.24) is 39.7 Å². The van der Waals surface area contributed by atoms with E-state index in [0.29, 0.717) is 12.1 Å². The maximum atomic E-state index is 13.0. The van der Waals surface area contributed by atoms with Crippen LogP contribution in [0.1, 0.15) is 36.2 Å². The Morgan fingerprint density at radius 1 is 1.25 bits per heavy atom. The molecular formula is C22H23F3N10O5. The highest BCUT2D eigenvalue weighted by atomic mass is 19.4. The zero-order chi connectivity index (χ0) is 28.6. The molecule has 1 aromatic carbocycles. The van der Waals surface area contributed by atoms with Gasteiger partial charge in [-0.1, -0.05) is 24.3 Å². The standard InChI is InChI=1S/C22H23F3N10O5/c1-2-35-32-17(31-33-35)15-14(40-20(38)22(23,24)25)13(37)19(39-15)34-9-28-12-16(26)29-21(30-18(12)34)27-7-10-5-3-4-6-11(10)8-36/h3-6,9,13-15,19,36-37H,2,7-8H2,1H3,(H3,26,27,29,30)/t13-,14+,15+,19-/m1/s1. The fourth-order valence-corrected chi connectivity index (χ4v) is 4.17. The molecule has 0 saturated carbocycles. The van der Waals surface area contributed by atoms with Crippen molar-refractivity contribution in [2.45, 2.75) is 57.3 Å². The van der Waals surface area contributed by atoms with E-state index in [4.69, 9.17) is 10.5 Å². The minimum atomic E-state index is -5.32. The molecular weight excluding hydrogens is 541 g/mol. The van der Waals surface area contributed by atoms with Crippen LogP contribution in [0.15, 0.2) is 30.6 Å². The predicted octanol–water partition coefficient (Wildman–Crippen LogP) is 0.624. The molecule has 0 bridgehead atoms. The molecule has 5 N–H and O–H groups in total. The van der Waals surface area contributed by atoms with Crippen LogP contribution in [0.4, 0.5) is 24.9 Å². The first kappa shape index (κ1) is 27.2. The van der Waals surface area contributed by atoms with Crippen molar-refractivity contribution >= 4 is 28.9 Å². The predicted molar refractivity (Wildman–Crippen MR) is 128 cm³/mol. The minimum absolute atomic E-state index is 0.0293. The quantitative estimate of drug-likeness (QED) is 0.217. The number of aryl methyl sites for hydroxylation is 1. The normalized spacial score (nSPS) is 21.1. The highest BCUT2D eigenvalue weighted by Crippen LogP contribution is 2.41.